The zero-order chi connectivity index (χ0) is 11.1. The average Bonchev–Trinajstić information content (AvgIpc) is 2.10. The Morgan fingerprint density at radius 3 is 2.43 bits per heavy atom. The highest BCUT2D eigenvalue weighted by atomic mass is 16.6. The molecule has 0 aliphatic carbocycles. The minimum absolute atomic E-state index is 0.0607. The fourth-order valence-electron chi connectivity index (χ4n) is 1.26. The van der Waals surface area contributed by atoms with Crippen LogP contribution in [-0.4, -0.2) is 35.4 Å². The first-order valence-corrected chi connectivity index (χ1v) is 4.46. The van der Waals surface area contributed by atoms with Gasteiger partial charge in [-0.2, -0.15) is 0 Å². The number of hydrogen-bond donors (Lipinski definition) is 0. The van der Waals surface area contributed by atoms with Crippen LogP contribution < -0.4 is 0 Å². The highest BCUT2D eigenvalue weighted by Crippen LogP contribution is 2.09. The average molecular weight is 200 g/mol. The molecule has 0 saturated heterocycles. The first-order valence-electron chi connectivity index (χ1n) is 4.46. The predicted molar refractivity (Wildman–Crippen MR) is 53.5 cm³/mol. The zero-order valence-corrected chi connectivity index (χ0v) is 8.55. The molecule has 0 aromatic heterocycles. The second kappa shape index (κ2) is 6.12. The Bertz CT molecular complexity index is 216. The van der Waals surface area contributed by atoms with Crippen molar-refractivity contribution in [3.8, 4) is 0 Å². The lowest BCUT2D eigenvalue weighted by molar-refractivity contribution is -0.487. The Morgan fingerprint density at radius 1 is 1.57 bits per heavy atom. The van der Waals surface area contributed by atoms with Gasteiger partial charge in [-0.25, -0.2) is 0 Å². The van der Waals surface area contributed by atoms with E-state index in [1.807, 2.05) is 13.8 Å². The van der Waals surface area contributed by atoms with E-state index in [4.69, 9.17) is 0 Å². The van der Waals surface area contributed by atoms with Gasteiger partial charge in [0.1, 0.15) is 0 Å². The van der Waals surface area contributed by atoms with Crippen molar-refractivity contribution in [2.45, 2.75) is 19.9 Å². The largest absolute Gasteiger partial charge is 0.332 e. The Hall–Kier alpha value is -1.39. The molecule has 0 aromatic carbocycles. The standard InChI is InChI=1S/C9H16N2O3/c1-4-5-10(7-12)9(8(2)3)6-11(13)14/h4,7-9H,1,5-6H2,2-3H3. The van der Waals surface area contributed by atoms with Crippen LogP contribution >= 0.6 is 0 Å². The molecule has 5 heteroatoms. The second-order valence-electron chi connectivity index (χ2n) is 3.42. The smallest absolute Gasteiger partial charge is 0.224 e. The highest BCUT2D eigenvalue weighted by molar-refractivity contribution is 5.48. The van der Waals surface area contributed by atoms with Crippen molar-refractivity contribution in [2.75, 3.05) is 13.1 Å². The lowest BCUT2D eigenvalue weighted by atomic mass is 10.0. The molecular formula is C9H16N2O3. The summed E-state index contributed by atoms with van der Waals surface area (Å²) in [6.07, 6.45) is 2.19. The van der Waals surface area contributed by atoms with Gasteiger partial charge in [-0.15, -0.1) is 6.58 Å². The van der Waals surface area contributed by atoms with Crippen LogP contribution in [-0.2, 0) is 4.79 Å². The summed E-state index contributed by atoms with van der Waals surface area (Å²) in [5.41, 5.74) is 0. The van der Waals surface area contributed by atoms with E-state index in [0.29, 0.717) is 13.0 Å². The maximum absolute atomic E-state index is 10.7. The Balaban J connectivity index is 4.50. The quantitative estimate of drug-likeness (QED) is 0.266. The molecule has 1 unspecified atom stereocenters. The van der Waals surface area contributed by atoms with Crippen LogP contribution in [0.15, 0.2) is 12.7 Å². The summed E-state index contributed by atoms with van der Waals surface area (Å²) in [7, 11) is 0. The molecule has 80 valence electrons. The normalized spacial score (nSPS) is 12.2. The minimum Gasteiger partial charge on any atom is -0.332 e. The summed E-state index contributed by atoms with van der Waals surface area (Å²) >= 11 is 0. The van der Waals surface area contributed by atoms with Gasteiger partial charge in [0.25, 0.3) is 0 Å². The van der Waals surface area contributed by atoms with Crippen LogP contribution in [0.5, 0.6) is 0 Å². The molecule has 0 N–H and O–H groups in total. The molecule has 0 saturated carbocycles. The predicted octanol–water partition coefficient (Wildman–Crippen LogP) is 0.932. The van der Waals surface area contributed by atoms with Gasteiger partial charge in [-0.05, 0) is 5.92 Å². The van der Waals surface area contributed by atoms with Gasteiger partial charge in [-0.3, -0.25) is 14.9 Å². The van der Waals surface area contributed by atoms with Crippen LogP contribution in [0.25, 0.3) is 0 Å². The van der Waals surface area contributed by atoms with Crippen molar-refractivity contribution in [3.05, 3.63) is 22.8 Å². The van der Waals surface area contributed by atoms with Gasteiger partial charge < -0.3 is 4.90 Å². The highest BCUT2D eigenvalue weighted by Gasteiger charge is 2.24. The molecule has 0 aliphatic heterocycles. The third kappa shape index (κ3) is 4.02. The lowest BCUT2D eigenvalue weighted by Crippen LogP contribution is -2.42. The number of amides is 1. The van der Waals surface area contributed by atoms with Crippen LogP contribution in [0.1, 0.15) is 13.8 Å². The van der Waals surface area contributed by atoms with E-state index >= 15 is 0 Å². The molecule has 0 rings (SSSR count). The van der Waals surface area contributed by atoms with E-state index in [-0.39, 0.29) is 18.5 Å². The van der Waals surface area contributed by atoms with Crippen LogP contribution in [0.3, 0.4) is 0 Å². The molecule has 0 fully saturated rings. The van der Waals surface area contributed by atoms with Crippen LogP contribution in [0.2, 0.25) is 0 Å². The van der Waals surface area contributed by atoms with Gasteiger partial charge in [0.2, 0.25) is 13.0 Å². The molecule has 0 bridgehead atoms. The van der Waals surface area contributed by atoms with E-state index in [1.54, 1.807) is 6.08 Å². The van der Waals surface area contributed by atoms with Crippen LogP contribution in [0.4, 0.5) is 0 Å². The van der Waals surface area contributed by atoms with E-state index in [1.165, 1.54) is 4.90 Å². The van der Waals surface area contributed by atoms with E-state index in [0.717, 1.165) is 0 Å². The maximum Gasteiger partial charge on any atom is 0.224 e. The van der Waals surface area contributed by atoms with E-state index < -0.39 is 4.92 Å². The van der Waals surface area contributed by atoms with Gasteiger partial charge >= 0.3 is 0 Å². The number of carbonyl (C=O) groups excluding carboxylic acids is 1. The zero-order valence-electron chi connectivity index (χ0n) is 8.55. The topological polar surface area (TPSA) is 63.5 Å². The van der Waals surface area contributed by atoms with Crippen molar-refractivity contribution in [1.82, 2.24) is 4.90 Å². The molecule has 14 heavy (non-hydrogen) atoms. The monoisotopic (exact) mass is 200 g/mol. The van der Waals surface area contributed by atoms with Crippen molar-refractivity contribution < 1.29 is 9.72 Å². The minimum atomic E-state index is -0.399. The number of hydrogen-bond acceptors (Lipinski definition) is 3. The Kier molecular flexibility index (Phi) is 5.52. The fourth-order valence-corrected chi connectivity index (χ4v) is 1.26. The summed E-state index contributed by atoms with van der Waals surface area (Å²) in [5.74, 6) is 0.0607. The Morgan fingerprint density at radius 2 is 2.14 bits per heavy atom. The number of carbonyl (C=O) groups is 1. The summed E-state index contributed by atoms with van der Waals surface area (Å²) in [5, 5.41) is 10.4. The first-order chi connectivity index (χ1) is 6.52. The van der Waals surface area contributed by atoms with Gasteiger partial charge in [-0.1, -0.05) is 19.9 Å². The van der Waals surface area contributed by atoms with Crippen molar-refractivity contribution in [3.63, 3.8) is 0 Å². The number of nitrogens with zero attached hydrogens (tertiary/aromatic N) is 2. The molecule has 1 atom stereocenters. The molecule has 5 nitrogen and oxygen atoms in total. The number of rotatable bonds is 7. The first kappa shape index (κ1) is 12.6. The lowest BCUT2D eigenvalue weighted by Gasteiger charge is -2.27. The third-order valence-electron chi connectivity index (χ3n) is 2.01. The SMILES string of the molecule is C=CCN(C=O)C(C[N+](=O)[O-])C(C)C. The second-order valence-corrected chi connectivity index (χ2v) is 3.42. The molecule has 0 aromatic rings. The maximum atomic E-state index is 10.7. The third-order valence-corrected chi connectivity index (χ3v) is 2.01. The van der Waals surface area contributed by atoms with Crippen molar-refractivity contribution in [2.24, 2.45) is 5.92 Å². The van der Waals surface area contributed by atoms with E-state index in [9.17, 15) is 14.9 Å². The molecule has 0 spiro atoms. The summed E-state index contributed by atoms with van der Waals surface area (Å²) < 4.78 is 0. The molecular weight excluding hydrogens is 184 g/mol. The van der Waals surface area contributed by atoms with Crippen LogP contribution in [0, 0.1) is 16.0 Å². The summed E-state index contributed by atoms with van der Waals surface area (Å²) in [6, 6.07) is -0.361. The van der Waals surface area contributed by atoms with Gasteiger partial charge in [0.15, 0.2) is 0 Å². The molecule has 0 aliphatic rings. The van der Waals surface area contributed by atoms with Crippen molar-refractivity contribution in [1.29, 1.82) is 0 Å². The molecule has 1 amide bonds. The summed E-state index contributed by atoms with van der Waals surface area (Å²) in [6.45, 7) is 7.34. The number of nitro groups is 1. The fraction of sp³-hybridized carbons (Fsp3) is 0.667. The van der Waals surface area contributed by atoms with E-state index in [2.05, 4.69) is 6.58 Å². The molecule has 0 heterocycles. The van der Waals surface area contributed by atoms with Gasteiger partial charge in [0.05, 0.1) is 6.04 Å². The van der Waals surface area contributed by atoms with Gasteiger partial charge in [0, 0.05) is 11.5 Å². The molecule has 0 radical (unpaired) electrons. The Labute approximate surface area is 83.5 Å². The summed E-state index contributed by atoms with van der Waals surface area (Å²) in [4.78, 5) is 22.1. The van der Waals surface area contributed by atoms with Crippen molar-refractivity contribution >= 4 is 6.41 Å².